The van der Waals surface area contributed by atoms with Crippen molar-refractivity contribution < 1.29 is 4.79 Å². The molecule has 0 aliphatic heterocycles. The average molecular weight is 202 g/mol. The van der Waals surface area contributed by atoms with E-state index < -0.39 is 0 Å². The lowest BCUT2D eigenvalue weighted by molar-refractivity contribution is -0.119. The van der Waals surface area contributed by atoms with Gasteiger partial charge in [0.05, 0.1) is 13.1 Å². The molecule has 78 valence electrons. The monoisotopic (exact) mass is 202 g/mol. The summed E-state index contributed by atoms with van der Waals surface area (Å²) in [6.45, 7) is 0.822. The fraction of sp³-hybridized carbons (Fsp3) is 0.250. The van der Waals surface area contributed by atoms with Gasteiger partial charge in [-0.3, -0.25) is 10.1 Å². The third-order valence-corrected chi connectivity index (χ3v) is 1.78. The van der Waals surface area contributed by atoms with E-state index in [2.05, 4.69) is 22.5 Å². The molecule has 15 heavy (non-hydrogen) atoms. The Morgan fingerprint density at radius 3 is 2.73 bits per heavy atom. The normalized spacial score (nSPS) is 8.87. The second kappa shape index (κ2) is 6.63. The average Bonchev–Trinajstić information content (AvgIpc) is 2.29. The standard InChI is InChI=1S/C12H14N2O/c1-13-12(15)10-14-9-5-8-11-6-3-2-4-7-11/h2-4,6-7,14H,9-10H2,1H3,(H,13,15). The molecule has 0 aliphatic rings. The number of likely N-dealkylation sites (N-methyl/N-ethyl adjacent to an activating group) is 1. The third-order valence-electron chi connectivity index (χ3n) is 1.78. The van der Waals surface area contributed by atoms with Gasteiger partial charge in [-0.25, -0.2) is 0 Å². The molecule has 0 aliphatic carbocycles. The van der Waals surface area contributed by atoms with Gasteiger partial charge in [0, 0.05) is 12.6 Å². The van der Waals surface area contributed by atoms with E-state index in [0.29, 0.717) is 13.1 Å². The predicted octanol–water partition coefficient (Wildman–Crippen LogP) is 0.374. The third kappa shape index (κ3) is 4.84. The Labute approximate surface area is 89.9 Å². The smallest absolute Gasteiger partial charge is 0.233 e. The first-order valence-corrected chi connectivity index (χ1v) is 4.78. The predicted molar refractivity (Wildman–Crippen MR) is 60.3 cm³/mol. The molecule has 0 heterocycles. The van der Waals surface area contributed by atoms with Gasteiger partial charge >= 0.3 is 0 Å². The minimum absolute atomic E-state index is 0.0310. The molecule has 0 saturated heterocycles. The van der Waals surface area contributed by atoms with Crippen LogP contribution in [0.1, 0.15) is 5.56 Å². The van der Waals surface area contributed by atoms with Gasteiger partial charge < -0.3 is 5.32 Å². The molecule has 0 bridgehead atoms. The Hall–Kier alpha value is -1.79. The van der Waals surface area contributed by atoms with Crippen LogP contribution in [-0.2, 0) is 4.79 Å². The molecular formula is C12H14N2O. The van der Waals surface area contributed by atoms with E-state index in [1.807, 2.05) is 30.3 Å². The summed E-state index contributed by atoms with van der Waals surface area (Å²) in [5, 5.41) is 5.44. The fourth-order valence-corrected chi connectivity index (χ4v) is 0.995. The summed E-state index contributed by atoms with van der Waals surface area (Å²) in [5.41, 5.74) is 0.985. The summed E-state index contributed by atoms with van der Waals surface area (Å²) >= 11 is 0. The highest BCUT2D eigenvalue weighted by molar-refractivity contribution is 5.77. The molecule has 0 spiro atoms. The minimum Gasteiger partial charge on any atom is -0.358 e. The van der Waals surface area contributed by atoms with Gasteiger partial charge in [-0.05, 0) is 12.1 Å². The van der Waals surface area contributed by atoms with Crippen molar-refractivity contribution in [2.75, 3.05) is 20.1 Å². The Morgan fingerprint density at radius 1 is 1.33 bits per heavy atom. The van der Waals surface area contributed by atoms with Crippen LogP contribution in [0.2, 0.25) is 0 Å². The lowest BCUT2D eigenvalue weighted by Crippen LogP contribution is -2.31. The van der Waals surface area contributed by atoms with Gasteiger partial charge in [-0.2, -0.15) is 0 Å². The topological polar surface area (TPSA) is 41.1 Å². The van der Waals surface area contributed by atoms with Gasteiger partial charge in [0.15, 0.2) is 0 Å². The van der Waals surface area contributed by atoms with Crippen molar-refractivity contribution >= 4 is 5.91 Å². The summed E-state index contributed by atoms with van der Waals surface area (Å²) in [7, 11) is 1.61. The molecule has 0 unspecified atom stereocenters. The lowest BCUT2D eigenvalue weighted by Gasteiger charge is -1.97. The quantitative estimate of drug-likeness (QED) is 0.549. The van der Waals surface area contributed by atoms with Gasteiger partial charge in [0.2, 0.25) is 5.91 Å². The van der Waals surface area contributed by atoms with E-state index in [9.17, 15) is 4.79 Å². The molecule has 1 aromatic carbocycles. The summed E-state index contributed by atoms with van der Waals surface area (Å²) in [5.74, 6) is 5.90. The van der Waals surface area contributed by atoms with Crippen LogP contribution in [0, 0.1) is 11.8 Å². The van der Waals surface area contributed by atoms with E-state index in [4.69, 9.17) is 0 Å². The number of carbonyl (C=O) groups is 1. The SMILES string of the molecule is CNC(=O)CNCC#Cc1ccccc1. The summed E-state index contributed by atoms with van der Waals surface area (Å²) in [6, 6.07) is 9.75. The van der Waals surface area contributed by atoms with Crippen molar-refractivity contribution in [1.29, 1.82) is 0 Å². The highest BCUT2D eigenvalue weighted by Gasteiger charge is 1.92. The molecule has 0 aromatic heterocycles. The molecule has 3 heteroatoms. The summed E-state index contributed by atoms with van der Waals surface area (Å²) < 4.78 is 0. The van der Waals surface area contributed by atoms with E-state index in [-0.39, 0.29) is 5.91 Å². The van der Waals surface area contributed by atoms with Crippen molar-refractivity contribution in [3.8, 4) is 11.8 Å². The first kappa shape index (κ1) is 11.3. The number of rotatable bonds is 3. The van der Waals surface area contributed by atoms with E-state index in [1.54, 1.807) is 7.05 Å². The highest BCUT2D eigenvalue weighted by Crippen LogP contribution is 1.93. The van der Waals surface area contributed by atoms with Crippen molar-refractivity contribution in [2.24, 2.45) is 0 Å². The van der Waals surface area contributed by atoms with Crippen LogP contribution in [0.3, 0.4) is 0 Å². The number of amides is 1. The van der Waals surface area contributed by atoms with Crippen LogP contribution in [-0.4, -0.2) is 26.0 Å². The molecule has 0 saturated carbocycles. The number of carbonyl (C=O) groups excluding carboxylic acids is 1. The van der Waals surface area contributed by atoms with E-state index >= 15 is 0 Å². The second-order valence-corrected chi connectivity index (χ2v) is 2.94. The summed E-state index contributed by atoms with van der Waals surface area (Å²) in [4.78, 5) is 10.8. The summed E-state index contributed by atoms with van der Waals surface area (Å²) in [6.07, 6.45) is 0. The molecule has 3 nitrogen and oxygen atoms in total. The zero-order chi connectivity index (χ0) is 10.9. The van der Waals surface area contributed by atoms with Crippen LogP contribution in [0.4, 0.5) is 0 Å². The maximum atomic E-state index is 10.8. The van der Waals surface area contributed by atoms with Crippen LogP contribution in [0.25, 0.3) is 0 Å². The maximum absolute atomic E-state index is 10.8. The van der Waals surface area contributed by atoms with Gasteiger partial charge in [-0.15, -0.1) is 0 Å². The molecule has 1 aromatic rings. The first-order valence-electron chi connectivity index (χ1n) is 4.78. The first-order chi connectivity index (χ1) is 7.33. The molecule has 2 N–H and O–H groups in total. The highest BCUT2D eigenvalue weighted by atomic mass is 16.1. The van der Waals surface area contributed by atoms with Gasteiger partial charge in [0.1, 0.15) is 0 Å². The van der Waals surface area contributed by atoms with Gasteiger partial charge in [-0.1, -0.05) is 30.0 Å². The Morgan fingerprint density at radius 2 is 2.07 bits per heavy atom. The number of benzene rings is 1. The van der Waals surface area contributed by atoms with Crippen molar-refractivity contribution in [3.63, 3.8) is 0 Å². The lowest BCUT2D eigenvalue weighted by atomic mass is 10.2. The van der Waals surface area contributed by atoms with Crippen molar-refractivity contribution in [3.05, 3.63) is 35.9 Å². The molecule has 0 fully saturated rings. The molecule has 1 amide bonds. The maximum Gasteiger partial charge on any atom is 0.233 e. The molecule has 0 atom stereocenters. The number of nitrogens with one attached hydrogen (secondary N) is 2. The Kier molecular flexibility index (Phi) is 4.99. The number of hydrogen-bond donors (Lipinski definition) is 2. The second-order valence-electron chi connectivity index (χ2n) is 2.94. The van der Waals surface area contributed by atoms with E-state index in [0.717, 1.165) is 5.56 Å². The Balaban J connectivity index is 2.26. The molecule has 0 radical (unpaired) electrons. The molecular weight excluding hydrogens is 188 g/mol. The van der Waals surface area contributed by atoms with Crippen LogP contribution in [0.5, 0.6) is 0 Å². The zero-order valence-corrected chi connectivity index (χ0v) is 8.71. The van der Waals surface area contributed by atoms with Crippen LogP contribution in [0.15, 0.2) is 30.3 Å². The van der Waals surface area contributed by atoms with Crippen LogP contribution < -0.4 is 10.6 Å². The molecule has 1 rings (SSSR count). The number of hydrogen-bond acceptors (Lipinski definition) is 2. The fourth-order valence-electron chi connectivity index (χ4n) is 0.995. The van der Waals surface area contributed by atoms with Crippen molar-refractivity contribution in [1.82, 2.24) is 10.6 Å². The van der Waals surface area contributed by atoms with Crippen LogP contribution >= 0.6 is 0 Å². The zero-order valence-electron chi connectivity index (χ0n) is 8.71. The van der Waals surface area contributed by atoms with Gasteiger partial charge in [0.25, 0.3) is 0 Å². The largest absolute Gasteiger partial charge is 0.358 e. The Bertz CT molecular complexity index is 362. The van der Waals surface area contributed by atoms with E-state index in [1.165, 1.54) is 0 Å². The minimum atomic E-state index is -0.0310. The van der Waals surface area contributed by atoms with Crippen molar-refractivity contribution in [2.45, 2.75) is 0 Å².